The van der Waals surface area contributed by atoms with Gasteiger partial charge >= 0.3 is 0 Å². The number of aryl methyl sites for hydroxylation is 1. The van der Waals surface area contributed by atoms with Gasteiger partial charge in [-0.3, -0.25) is 0 Å². The van der Waals surface area contributed by atoms with Crippen LogP contribution >= 0.6 is 0 Å². The molecule has 3 heteroatoms. The third-order valence-electron chi connectivity index (χ3n) is 3.47. The highest BCUT2D eigenvalue weighted by atomic mass is 16.5. The highest BCUT2D eigenvalue weighted by Crippen LogP contribution is 2.19. The van der Waals surface area contributed by atoms with Gasteiger partial charge in [0.2, 0.25) is 0 Å². The van der Waals surface area contributed by atoms with Crippen molar-refractivity contribution < 1.29 is 14.7 Å². The number of quaternary nitrogens is 1. The average Bonchev–Trinajstić information content (AvgIpc) is 2.30. The van der Waals surface area contributed by atoms with Crippen molar-refractivity contribution in [1.82, 2.24) is 0 Å². The van der Waals surface area contributed by atoms with Crippen molar-refractivity contribution in [3.05, 3.63) is 35.4 Å². The quantitative estimate of drug-likeness (QED) is 0.781. The summed E-state index contributed by atoms with van der Waals surface area (Å²) in [4.78, 5) is 1.42. The van der Waals surface area contributed by atoms with Crippen LogP contribution in [0.4, 0.5) is 0 Å². The maximum absolute atomic E-state index is 10.6. The first-order valence-electron chi connectivity index (χ1n) is 6.29. The van der Waals surface area contributed by atoms with Gasteiger partial charge in [0.1, 0.15) is 25.2 Å². The minimum atomic E-state index is -0.750. The molecule has 1 fully saturated rings. The van der Waals surface area contributed by atoms with E-state index in [9.17, 15) is 5.11 Å². The van der Waals surface area contributed by atoms with E-state index in [1.165, 1.54) is 10.5 Å². The number of nitrogens with one attached hydrogen (secondary N) is 1. The Labute approximate surface area is 103 Å². The molecular weight excluding hydrogens is 214 g/mol. The smallest absolute Gasteiger partial charge is 0.135 e. The lowest BCUT2D eigenvalue weighted by atomic mass is 9.94. The molecule has 1 aliphatic rings. The molecule has 1 aliphatic heterocycles. The van der Waals surface area contributed by atoms with Gasteiger partial charge in [0.15, 0.2) is 0 Å². The molecule has 17 heavy (non-hydrogen) atoms. The first-order chi connectivity index (χ1) is 8.08. The lowest BCUT2D eigenvalue weighted by Gasteiger charge is -2.31. The topological polar surface area (TPSA) is 33.9 Å². The van der Waals surface area contributed by atoms with E-state index in [0.29, 0.717) is 0 Å². The van der Waals surface area contributed by atoms with Crippen molar-refractivity contribution in [2.45, 2.75) is 19.4 Å². The number of rotatable bonds is 3. The van der Waals surface area contributed by atoms with Crippen molar-refractivity contribution in [3.63, 3.8) is 0 Å². The summed E-state index contributed by atoms with van der Waals surface area (Å²) in [6.07, 6.45) is 0. The SMILES string of the molecule is Cc1ccc(C(C)(O)C[NH+]2CCOCC2)cc1. The maximum Gasteiger partial charge on any atom is 0.135 e. The molecule has 1 saturated heterocycles. The van der Waals surface area contributed by atoms with Gasteiger partial charge < -0.3 is 14.7 Å². The Kier molecular flexibility index (Phi) is 3.82. The van der Waals surface area contributed by atoms with Crippen LogP contribution in [-0.2, 0) is 10.3 Å². The molecule has 1 unspecified atom stereocenters. The summed E-state index contributed by atoms with van der Waals surface area (Å²) in [7, 11) is 0. The van der Waals surface area contributed by atoms with Crippen LogP contribution in [0, 0.1) is 6.92 Å². The van der Waals surface area contributed by atoms with E-state index < -0.39 is 5.60 Å². The van der Waals surface area contributed by atoms with Gasteiger partial charge in [-0.25, -0.2) is 0 Å². The Hall–Kier alpha value is -0.900. The summed E-state index contributed by atoms with van der Waals surface area (Å²) < 4.78 is 5.33. The van der Waals surface area contributed by atoms with Crippen molar-refractivity contribution in [3.8, 4) is 0 Å². The fourth-order valence-corrected chi connectivity index (χ4v) is 2.34. The number of ether oxygens (including phenoxy) is 1. The second-order valence-corrected chi connectivity index (χ2v) is 5.18. The molecule has 0 aliphatic carbocycles. The number of aliphatic hydroxyl groups is 1. The van der Waals surface area contributed by atoms with Gasteiger partial charge in [0.05, 0.1) is 13.2 Å². The van der Waals surface area contributed by atoms with Gasteiger partial charge in [-0.2, -0.15) is 0 Å². The van der Waals surface area contributed by atoms with Crippen LogP contribution in [0.3, 0.4) is 0 Å². The fraction of sp³-hybridized carbons (Fsp3) is 0.571. The molecule has 1 heterocycles. The molecule has 0 amide bonds. The molecule has 1 atom stereocenters. The summed E-state index contributed by atoms with van der Waals surface area (Å²) in [6, 6.07) is 8.15. The Morgan fingerprint density at radius 1 is 1.24 bits per heavy atom. The Bertz CT molecular complexity index is 353. The molecule has 2 N–H and O–H groups in total. The van der Waals surface area contributed by atoms with E-state index in [-0.39, 0.29) is 0 Å². The first-order valence-corrected chi connectivity index (χ1v) is 6.29. The van der Waals surface area contributed by atoms with Crippen molar-refractivity contribution >= 4 is 0 Å². The van der Waals surface area contributed by atoms with Crippen LogP contribution in [0.15, 0.2) is 24.3 Å². The number of hydrogen-bond donors (Lipinski definition) is 2. The van der Waals surface area contributed by atoms with Crippen LogP contribution in [0.25, 0.3) is 0 Å². The van der Waals surface area contributed by atoms with Crippen LogP contribution < -0.4 is 4.90 Å². The first kappa shape index (κ1) is 12.6. The summed E-state index contributed by atoms with van der Waals surface area (Å²) in [5, 5.41) is 10.6. The highest BCUT2D eigenvalue weighted by molar-refractivity contribution is 5.25. The summed E-state index contributed by atoms with van der Waals surface area (Å²) >= 11 is 0. The molecule has 0 radical (unpaired) electrons. The summed E-state index contributed by atoms with van der Waals surface area (Å²) in [5.74, 6) is 0. The number of benzene rings is 1. The zero-order valence-corrected chi connectivity index (χ0v) is 10.7. The van der Waals surface area contributed by atoms with Crippen LogP contribution in [0.5, 0.6) is 0 Å². The normalized spacial score (nSPS) is 21.1. The van der Waals surface area contributed by atoms with E-state index in [1.54, 1.807) is 0 Å². The highest BCUT2D eigenvalue weighted by Gasteiger charge is 2.29. The Morgan fingerprint density at radius 3 is 2.41 bits per heavy atom. The number of morpholine rings is 1. The second-order valence-electron chi connectivity index (χ2n) is 5.18. The van der Waals surface area contributed by atoms with Gasteiger partial charge in [-0.15, -0.1) is 0 Å². The molecule has 1 aromatic rings. The molecular formula is C14H22NO2+. The van der Waals surface area contributed by atoms with Gasteiger partial charge in [-0.05, 0) is 19.4 Å². The zero-order chi connectivity index (χ0) is 12.3. The predicted molar refractivity (Wildman–Crippen MR) is 67.1 cm³/mol. The standard InChI is InChI=1S/C14H21NO2/c1-12-3-5-13(6-4-12)14(2,16)11-15-7-9-17-10-8-15/h3-6,16H,7-11H2,1-2H3/p+1. The lowest BCUT2D eigenvalue weighted by Crippen LogP contribution is -3.15. The minimum absolute atomic E-state index is 0.749. The Morgan fingerprint density at radius 2 is 1.82 bits per heavy atom. The van der Waals surface area contributed by atoms with Crippen molar-refractivity contribution in [2.24, 2.45) is 0 Å². The monoisotopic (exact) mass is 236 g/mol. The van der Waals surface area contributed by atoms with Crippen LogP contribution in [-0.4, -0.2) is 38.0 Å². The largest absolute Gasteiger partial charge is 0.380 e. The van der Waals surface area contributed by atoms with Crippen molar-refractivity contribution in [2.75, 3.05) is 32.8 Å². The van der Waals surface area contributed by atoms with E-state index in [1.807, 2.05) is 19.1 Å². The molecule has 2 rings (SSSR count). The molecule has 3 nitrogen and oxygen atoms in total. The molecule has 0 spiro atoms. The van der Waals surface area contributed by atoms with Gasteiger partial charge in [-0.1, -0.05) is 29.8 Å². The third kappa shape index (κ3) is 3.28. The third-order valence-corrected chi connectivity index (χ3v) is 3.47. The molecule has 0 bridgehead atoms. The summed E-state index contributed by atoms with van der Waals surface area (Å²) in [6.45, 7) is 8.30. The average molecular weight is 236 g/mol. The molecule has 0 aromatic heterocycles. The van der Waals surface area contributed by atoms with Crippen LogP contribution in [0.2, 0.25) is 0 Å². The molecule has 94 valence electrons. The molecule has 1 aromatic carbocycles. The van der Waals surface area contributed by atoms with E-state index in [2.05, 4.69) is 19.1 Å². The van der Waals surface area contributed by atoms with E-state index >= 15 is 0 Å². The fourth-order valence-electron chi connectivity index (χ4n) is 2.34. The van der Waals surface area contributed by atoms with Gasteiger partial charge in [0, 0.05) is 0 Å². The van der Waals surface area contributed by atoms with E-state index in [4.69, 9.17) is 4.74 Å². The lowest BCUT2D eigenvalue weighted by molar-refractivity contribution is -0.915. The van der Waals surface area contributed by atoms with Gasteiger partial charge in [0.25, 0.3) is 0 Å². The predicted octanol–water partition coefficient (Wildman–Crippen LogP) is 0.118. The van der Waals surface area contributed by atoms with Crippen molar-refractivity contribution in [1.29, 1.82) is 0 Å². The minimum Gasteiger partial charge on any atom is -0.380 e. The summed E-state index contributed by atoms with van der Waals surface area (Å²) in [5.41, 5.74) is 1.48. The zero-order valence-electron chi connectivity index (χ0n) is 10.7. The van der Waals surface area contributed by atoms with E-state index in [0.717, 1.165) is 38.4 Å². The van der Waals surface area contributed by atoms with Crippen LogP contribution in [0.1, 0.15) is 18.1 Å². The number of hydrogen-bond acceptors (Lipinski definition) is 2. The Balaban J connectivity index is 2.04. The molecule has 0 saturated carbocycles. The maximum atomic E-state index is 10.6. The second kappa shape index (κ2) is 5.17.